The predicted octanol–water partition coefficient (Wildman–Crippen LogP) is 1.60. The van der Waals surface area contributed by atoms with E-state index in [9.17, 15) is 8.76 Å². The third kappa shape index (κ3) is 2.17. The zero-order chi connectivity index (χ0) is 10.7. The van der Waals surface area contributed by atoms with E-state index in [1.807, 2.05) is 0 Å². The zero-order valence-electron chi connectivity index (χ0n) is 7.57. The molecule has 0 amide bonds. The maximum absolute atomic E-state index is 10.8. The van der Waals surface area contributed by atoms with Crippen molar-refractivity contribution in [2.45, 2.75) is 4.90 Å². The molecule has 14 heavy (non-hydrogen) atoms. The Hall–Kier alpha value is -0.780. The Balaban J connectivity index is 3.34. The summed E-state index contributed by atoms with van der Waals surface area (Å²) in [7, 11) is 2.82. The number of rotatable bonds is 3. The lowest BCUT2D eigenvalue weighted by Crippen LogP contribution is -1.97. The van der Waals surface area contributed by atoms with Crippen LogP contribution in [0, 0.1) is 0 Å². The van der Waals surface area contributed by atoms with Crippen LogP contribution in [-0.2, 0) is 11.1 Å². The maximum Gasteiger partial charge on any atom is 0.139 e. The first-order valence-corrected chi connectivity index (χ1v) is 5.06. The second-order valence-electron chi connectivity index (χ2n) is 2.38. The third-order valence-electron chi connectivity index (χ3n) is 1.61. The average molecular weight is 236 g/mol. The minimum absolute atomic E-state index is 0.0602. The van der Waals surface area contributed by atoms with Gasteiger partial charge < -0.3 is 14.0 Å². The predicted molar refractivity (Wildman–Crippen MR) is 51.7 cm³/mol. The van der Waals surface area contributed by atoms with E-state index < -0.39 is 11.1 Å². The monoisotopic (exact) mass is 235 g/mol. The van der Waals surface area contributed by atoms with Gasteiger partial charge in [0, 0.05) is 12.1 Å². The molecule has 0 bridgehead atoms. The topological polar surface area (TPSA) is 58.6 Å². The summed E-state index contributed by atoms with van der Waals surface area (Å²) < 4.78 is 31.4. The lowest BCUT2D eigenvalue weighted by molar-refractivity contribution is 0.385. The number of hydrogen-bond acceptors (Lipinski definition) is 4. The molecule has 4 nitrogen and oxygen atoms in total. The first kappa shape index (κ1) is 11.3. The van der Waals surface area contributed by atoms with Crippen LogP contribution in [0.5, 0.6) is 11.5 Å². The molecule has 1 atom stereocenters. The Kier molecular flexibility index (Phi) is 3.74. The number of methoxy groups -OCH3 is 2. The SMILES string of the molecule is COc1cc(Cl)c(S(=O)[O-])c(OC)c1. The summed E-state index contributed by atoms with van der Waals surface area (Å²) in [6, 6.07) is 2.87. The molecular weight excluding hydrogens is 228 g/mol. The number of benzene rings is 1. The molecule has 78 valence electrons. The van der Waals surface area contributed by atoms with Gasteiger partial charge >= 0.3 is 0 Å². The fourth-order valence-electron chi connectivity index (χ4n) is 0.976. The van der Waals surface area contributed by atoms with Gasteiger partial charge in [-0.1, -0.05) is 11.6 Å². The molecule has 0 aliphatic carbocycles. The highest BCUT2D eigenvalue weighted by Gasteiger charge is 2.11. The average Bonchev–Trinajstić information content (AvgIpc) is 2.15. The fraction of sp³-hybridized carbons (Fsp3) is 0.250. The Labute approximate surface area is 89.1 Å². The molecule has 0 saturated heterocycles. The van der Waals surface area contributed by atoms with Crippen molar-refractivity contribution in [2.24, 2.45) is 0 Å². The smallest absolute Gasteiger partial charge is 0.139 e. The molecule has 0 aliphatic heterocycles. The van der Waals surface area contributed by atoms with Gasteiger partial charge in [-0.25, -0.2) is 0 Å². The van der Waals surface area contributed by atoms with Crippen molar-refractivity contribution in [3.8, 4) is 11.5 Å². The first-order chi connectivity index (χ1) is 6.60. The lowest BCUT2D eigenvalue weighted by atomic mass is 10.3. The summed E-state index contributed by atoms with van der Waals surface area (Å²) in [6.45, 7) is 0. The van der Waals surface area contributed by atoms with Crippen LogP contribution < -0.4 is 9.47 Å². The molecule has 1 unspecified atom stereocenters. The van der Waals surface area contributed by atoms with Gasteiger partial charge in [-0.05, 0) is 11.1 Å². The summed E-state index contributed by atoms with van der Waals surface area (Å²) in [5.74, 6) is 0.615. The highest BCUT2D eigenvalue weighted by Crippen LogP contribution is 2.33. The van der Waals surface area contributed by atoms with Crippen molar-refractivity contribution >= 4 is 22.7 Å². The zero-order valence-corrected chi connectivity index (χ0v) is 9.15. The molecule has 1 rings (SSSR count). The second-order valence-corrected chi connectivity index (χ2v) is 3.66. The van der Waals surface area contributed by atoms with E-state index in [2.05, 4.69) is 0 Å². The quantitative estimate of drug-likeness (QED) is 0.747. The van der Waals surface area contributed by atoms with Crippen molar-refractivity contribution in [3.63, 3.8) is 0 Å². The van der Waals surface area contributed by atoms with E-state index in [1.165, 1.54) is 26.4 Å². The third-order valence-corrected chi connectivity index (χ3v) is 2.77. The summed E-state index contributed by atoms with van der Waals surface area (Å²) in [6.07, 6.45) is 0. The van der Waals surface area contributed by atoms with E-state index in [1.54, 1.807) is 0 Å². The van der Waals surface area contributed by atoms with Crippen LogP contribution in [0.2, 0.25) is 5.02 Å². The van der Waals surface area contributed by atoms with Crippen LogP contribution in [0.25, 0.3) is 0 Å². The molecule has 6 heteroatoms. The van der Waals surface area contributed by atoms with Gasteiger partial charge in [-0.3, -0.25) is 4.21 Å². The normalized spacial score (nSPS) is 12.3. The van der Waals surface area contributed by atoms with Crippen molar-refractivity contribution in [1.29, 1.82) is 0 Å². The standard InChI is InChI=1S/C8H9ClO4S/c1-12-5-3-6(9)8(14(10)11)7(4-5)13-2/h3-4H,1-2H3,(H,10,11)/p-1. The molecule has 0 heterocycles. The fourth-order valence-corrected chi connectivity index (χ4v) is 1.89. The van der Waals surface area contributed by atoms with Gasteiger partial charge in [0.05, 0.1) is 24.1 Å². The van der Waals surface area contributed by atoms with Gasteiger partial charge in [-0.15, -0.1) is 0 Å². The molecule has 0 spiro atoms. The van der Waals surface area contributed by atoms with Gasteiger partial charge in [0.15, 0.2) is 0 Å². The molecule has 0 saturated carbocycles. The molecule has 0 aromatic heterocycles. The lowest BCUT2D eigenvalue weighted by Gasteiger charge is -2.13. The maximum atomic E-state index is 10.8. The minimum Gasteiger partial charge on any atom is -0.768 e. The number of halogens is 1. The summed E-state index contributed by atoms with van der Waals surface area (Å²) in [5.41, 5.74) is 0. The summed E-state index contributed by atoms with van der Waals surface area (Å²) in [4.78, 5) is -0.0602. The highest BCUT2D eigenvalue weighted by molar-refractivity contribution is 7.79. The molecule has 0 N–H and O–H groups in total. The van der Waals surface area contributed by atoms with Crippen LogP contribution in [-0.4, -0.2) is 23.0 Å². The van der Waals surface area contributed by atoms with Crippen LogP contribution in [0.4, 0.5) is 0 Å². The largest absolute Gasteiger partial charge is 0.768 e. The van der Waals surface area contributed by atoms with E-state index in [0.29, 0.717) is 5.75 Å². The Morgan fingerprint density at radius 2 is 2.00 bits per heavy atom. The van der Waals surface area contributed by atoms with E-state index in [-0.39, 0.29) is 15.7 Å². The van der Waals surface area contributed by atoms with Gasteiger partial charge in [0.1, 0.15) is 11.5 Å². The van der Waals surface area contributed by atoms with Crippen molar-refractivity contribution in [3.05, 3.63) is 17.2 Å². The van der Waals surface area contributed by atoms with Gasteiger partial charge in [0.2, 0.25) is 0 Å². The number of ether oxygens (including phenoxy) is 2. The Bertz CT molecular complexity index is 367. The van der Waals surface area contributed by atoms with E-state index >= 15 is 0 Å². The Morgan fingerprint density at radius 1 is 1.36 bits per heavy atom. The molecule has 0 fully saturated rings. The van der Waals surface area contributed by atoms with E-state index in [4.69, 9.17) is 21.1 Å². The van der Waals surface area contributed by atoms with Crippen molar-refractivity contribution in [2.75, 3.05) is 14.2 Å². The molecule has 0 radical (unpaired) electrons. The molecular formula is C8H8ClO4S-. The Morgan fingerprint density at radius 3 is 2.43 bits per heavy atom. The van der Waals surface area contributed by atoms with Crippen LogP contribution in [0.15, 0.2) is 17.0 Å². The highest BCUT2D eigenvalue weighted by atomic mass is 35.5. The van der Waals surface area contributed by atoms with Crippen LogP contribution in [0.1, 0.15) is 0 Å². The molecule has 0 aliphatic rings. The molecule has 1 aromatic carbocycles. The summed E-state index contributed by atoms with van der Waals surface area (Å²) in [5, 5.41) is 0.0783. The summed E-state index contributed by atoms with van der Waals surface area (Å²) >= 11 is 3.31. The second kappa shape index (κ2) is 4.63. The minimum atomic E-state index is -2.42. The number of hydrogen-bond donors (Lipinski definition) is 0. The van der Waals surface area contributed by atoms with Crippen LogP contribution >= 0.6 is 11.6 Å². The van der Waals surface area contributed by atoms with E-state index in [0.717, 1.165) is 0 Å². The van der Waals surface area contributed by atoms with Crippen molar-refractivity contribution in [1.82, 2.24) is 0 Å². The van der Waals surface area contributed by atoms with Gasteiger partial charge in [0.25, 0.3) is 0 Å². The van der Waals surface area contributed by atoms with Gasteiger partial charge in [-0.2, -0.15) is 0 Å². The van der Waals surface area contributed by atoms with Crippen LogP contribution in [0.3, 0.4) is 0 Å². The first-order valence-electron chi connectivity index (χ1n) is 3.61. The molecule has 1 aromatic rings. The van der Waals surface area contributed by atoms with Crippen molar-refractivity contribution < 1.29 is 18.2 Å².